The number of anilines is 1. The molecule has 1 N–H and O–H groups in total. The minimum absolute atomic E-state index is 0.195. The first-order valence-corrected chi connectivity index (χ1v) is 12.9. The molecule has 2 aromatic rings. The van der Waals surface area contributed by atoms with E-state index in [1.54, 1.807) is 7.11 Å². The largest absolute Gasteiger partial charge is 0.496 e. The molecule has 3 heterocycles. The van der Waals surface area contributed by atoms with E-state index in [1.165, 1.54) is 16.8 Å². The van der Waals surface area contributed by atoms with Gasteiger partial charge in [0.05, 0.1) is 13.2 Å². The quantitative estimate of drug-likeness (QED) is 0.490. The fourth-order valence-electron chi connectivity index (χ4n) is 5.16. The zero-order valence-electron chi connectivity index (χ0n) is 20.8. The van der Waals surface area contributed by atoms with Crippen molar-refractivity contribution in [3.8, 4) is 5.75 Å². The molecule has 3 aliphatic heterocycles. The maximum absolute atomic E-state index is 13.4. The summed E-state index contributed by atoms with van der Waals surface area (Å²) < 4.78 is 5.66. The number of aliphatic imine (C=N–C) groups is 2. The van der Waals surface area contributed by atoms with E-state index in [4.69, 9.17) is 16.3 Å². The van der Waals surface area contributed by atoms with E-state index < -0.39 is 0 Å². The molecule has 0 bridgehead atoms. The summed E-state index contributed by atoms with van der Waals surface area (Å²) in [5.41, 5.74) is 6.94. The van der Waals surface area contributed by atoms with Crippen LogP contribution in [0.4, 0.5) is 5.69 Å². The Bertz CT molecular complexity index is 1280. The lowest BCUT2D eigenvalue weighted by Crippen LogP contribution is -2.25. The highest BCUT2D eigenvalue weighted by Gasteiger charge is 2.33. The van der Waals surface area contributed by atoms with E-state index in [2.05, 4.69) is 39.3 Å². The van der Waals surface area contributed by atoms with Gasteiger partial charge in [0.25, 0.3) is 5.91 Å². The summed E-state index contributed by atoms with van der Waals surface area (Å²) in [4.78, 5) is 24.8. The summed E-state index contributed by atoms with van der Waals surface area (Å²) in [5.74, 6) is 0.562. The monoisotopic (exact) mass is 502 g/mol. The molecular weight excluding hydrogens is 472 g/mol. The van der Waals surface area contributed by atoms with Crippen molar-refractivity contribution in [3.63, 3.8) is 0 Å². The maximum Gasteiger partial charge on any atom is 0.276 e. The zero-order valence-corrected chi connectivity index (χ0v) is 21.5. The van der Waals surface area contributed by atoms with E-state index in [0.29, 0.717) is 11.4 Å². The number of nitrogens with one attached hydrogen (secondary N) is 1. The van der Waals surface area contributed by atoms with Gasteiger partial charge in [0.1, 0.15) is 11.4 Å². The average molecular weight is 503 g/mol. The van der Waals surface area contributed by atoms with Crippen LogP contribution < -0.4 is 10.1 Å². The Hall–Kier alpha value is -3.38. The van der Waals surface area contributed by atoms with Crippen molar-refractivity contribution >= 4 is 35.1 Å². The molecule has 1 saturated heterocycles. The number of fused-ring (bicyclic) bond motifs is 1. The van der Waals surface area contributed by atoms with E-state index in [0.717, 1.165) is 67.1 Å². The summed E-state index contributed by atoms with van der Waals surface area (Å²) in [6.07, 6.45) is 9.18. The Morgan fingerprint density at radius 2 is 2.00 bits per heavy atom. The number of benzene rings is 2. The van der Waals surface area contributed by atoms with Crippen molar-refractivity contribution in [2.75, 3.05) is 19.0 Å². The first kappa shape index (κ1) is 24.3. The minimum atomic E-state index is -0.195. The number of hydrogen-bond donors (Lipinski definition) is 1. The molecule has 1 fully saturated rings. The third-order valence-electron chi connectivity index (χ3n) is 7.08. The van der Waals surface area contributed by atoms with Crippen LogP contribution in [0.2, 0.25) is 5.02 Å². The van der Waals surface area contributed by atoms with Gasteiger partial charge in [-0.25, -0.2) is 0 Å². The summed E-state index contributed by atoms with van der Waals surface area (Å²) >= 11 is 6.10. The van der Waals surface area contributed by atoms with Gasteiger partial charge in [-0.1, -0.05) is 29.8 Å². The van der Waals surface area contributed by atoms with Crippen LogP contribution >= 0.6 is 11.6 Å². The number of methoxy groups -OCH3 is 1. The van der Waals surface area contributed by atoms with Crippen molar-refractivity contribution in [2.45, 2.75) is 51.5 Å². The van der Waals surface area contributed by atoms with Gasteiger partial charge < -0.3 is 15.0 Å². The lowest BCUT2D eigenvalue weighted by Gasteiger charge is -2.27. The first-order chi connectivity index (χ1) is 17.5. The van der Waals surface area contributed by atoms with E-state index >= 15 is 0 Å². The average Bonchev–Trinajstić information content (AvgIpc) is 3.18. The van der Waals surface area contributed by atoms with E-state index in [-0.39, 0.29) is 11.9 Å². The van der Waals surface area contributed by atoms with Crippen LogP contribution in [0.1, 0.15) is 56.2 Å². The molecule has 1 amide bonds. The predicted octanol–water partition coefficient (Wildman–Crippen LogP) is 6.49. The van der Waals surface area contributed by atoms with Gasteiger partial charge in [0.2, 0.25) is 0 Å². The van der Waals surface area contributed by atoms with Gasteiger partial charge in [-0.15, -0.1) is 0 Å². The fourth-order valence-corrected chi connectivity index (χ4v) is 5.29. The first-order valence-electron chi connectivity index (χ1n) is 12.5. The van der Waals surface area contributed by atoms with Gasteiger partial charge in [-0.05, 0) is 73.9 Å². The second-order valence-electron chi connectivity index (χ2n) is 9.50. The van der Waals surface area contributed by atoms with Crippen LogP contribution in [-0.4, -0.2) is 36.4 Å². The molecule has 3 aliphatic rings. The molecule has 186 valence electrons. The number of amides is 1. The molecule has 0 aromatic heterocycles. The molecule has 36 heavy (non-hydrogen) atoms. The molecule has 0 radical (unpaired) electrons. The molecule has 0 aliphatic carbocycles. The number of nitrogens with zero attached hydrogens (tertiary/aromatic N) is 3. The van der Waals surface area contributed by atoms with Crippen LogP contribution in [0.3, 0.4) is 0 Å². The minimum Gasteiger partial charge on any atom is -0.496 e. The van der Waals surface area contributed by atoms with Gasteiger partial charge in [-0.2, -0.15) is 0 Å². The predicted molar refractivity (Wildman–Crippen MR) is 146 cm³/mol. The summed E-state index contributed by atoms with van der Waals surface area (Å²) in [5, 5.41) is 3.78. The molecular formula is C29H31ClN4O2. The highest BCUT2D eigenvalue weighted by molar-refractivity contribution is 6.30. The second-order valence-corrected chi connectivity index (χ2v) is 9.94. The van der Waals surface area contributed by atoms with Crippen LogP contribution in [-0.2, 0) is 11.2 Å². The standard InChI is InChI=1S/C29H31ClN4O2/c1-19-4-5-20(18-32-19)16-22-8-11-24(17-27(22)36-2)33-29(35)28-26-13-12-25(34(26)15-3-14-31-28)21-6-9-23(30)10-7-21/h6-11,14,17-18,25H,3-5,12-13,15-16H2,1-2H3,(H,33,35). The second kappa shape index (κ2) is 10.7. The molecule has 0 spiro atoms. The molecule has 7 heteroatoms. The van der Waals surface area contributed by atoms with Crippen LogP contribution in [0.25, 0.3) is 0 Å². The van der Waals surface area contributed by atoms with Gasteiger partial charge in [0.15, 0.2) is 0 Å². The highest BCUT2D eigenvalue weighted by atomic mass is 35.5. The SMILES string of the molecule is COc1cc(NC(=O)C2=C3CCC(c4ccc(Cl)cc4)N3CCC=N2)ccc1CC1=CN=C(C)CC1. The van der Waals surface area contributed by atoms with Gasteiger partial charge in [-0.3, -0.25) is 14.8 Å². The summed E-state index contributed by atoms with van der Waals surface area (Å²) in [7, 11) is 1.66. The van der Waals surface area contributed by atoms with Crippen molar-refractivity contribution in [3.05, 3.63) is 81.8 Å². The Morgan fingerprint density at radius 1 is 1.17 bits per heavy atom. The van der Waals surface area contributed by atoms with Crippen molar-refractivity contribution in [1.82, 2.24) is 4.90 Å². The lowest BCUT2D eigenvalue weighted by molar-refractivity contribution is -0.113. The third kappa shape index (κ3) is 5.24. The van der Waals surface area contributed by atoms with Crippen LogP contribution in [0.15, 0.2) is 75.6 Å². The number of carbonyl (C=O) groups excluding carboxylic acids is 1. The number of allylic oxidation sites excluding steroid dienone is 2. The third-order valence-corrected chi connectivity index (χ3v) is 7.33. The van der Waals surface area contributed by atoms with Crippen LogP contribution in [0.5, 0.6) is 5.75 Å². The normalized spacial score (nSPS) is 19.4. The molecule has 5 rings (SSSR count). The Kier molecular flexibility index (Phi) is 7.23. The highest BCUT2D eigenvalue weighted by Crippen LogP contribution is 2.41. The Morgan fingerprint density at radius 3 is 2.75 bits per heavy atom. The smallest absolute Gasteiger partial charge is 0.276 e. The van der Waals surface area contributed by atoms with Gasteiger partial charge >= 0.3 is 0 Å². The maximum atomic E-state index is 13.4. The van der Waals surface area contributed by atoms with E-state index in [9.17, 15) is 4.79 Å². The van der Waals surface area contributed by atoms with Gasteiger partial charge in [0, 0.05) is 53.6 Å². The molecule has 2 aromatic carbocycles. The number of hydrogen-bond acceptors (Lipinski definition) is 5. The van der Waals surface area contributed by atoms with Crippen LogP contribution in [0, 0.1) is 0 Å². The number of ether oxygens (including phenoxy) is 1. The Balaban J connectivity index is 1.34. The number of carbonyl (C=O) groups is 1. The molecule has 1 atom stereocenters. The van der Waals surface area contributed by atoms with Crippen molar-refractivity contribution in [2.24, 2.45) is 9.98 Å². The lowest BCUT2D eigenvalue weighted by atomic mass is 9.98. The number of halogens is 1. The number of rotatable bonds is 6. The summed E-state index contributed by atoms with van der Waals surface area (Å²) in [6, 6.07) is 14.1. The summed E-state index contributed by atoms with van der Waals surface area (Å²) in [6.45, 7) is 2.90. The molecule has 1 unspecified atom stereocenters. The molecule has 0 saturated carbocycles. The van der Waals surface area contributed by atoms with Crippen molar-refractivity contribution in [1.29, 1.82) is 0 Å². The Labute approximate surface area is 217 Å². The topological polar surface area (TPSA) is 66.3 Å². The molecule has 6 nitrogen and oxygen atoms in total. The fraction of sp³-hybridized carbons (Fsp3) is 0.345. The van der Waals surface area contributed by atoms with E-state index in [1.807, 2.05) is 42.7 Å². The zero-order chi connectivity index (χ0) is 25.1. The van der Waals surface area contributed by atoms with Crippen molar-refractivity contribution < 1.29 is 9.53 Å².